The van der Waals surface area contributed by atoms with Gasteiger partial charge in [0.25, 0.3) is 0 Å². The molecule has 0 aliphatic carbocycles. The summed E-state index contributed by atoms with van der Waals surface area (Å²) in [4.78, 5) is 27.6. The van der Waals surface area contributed by atoms with E-state index in [2.05, 4.69) is 5.32 Å². The highest BCUT2D eigenvalue weighted by molar-refractivity contribution is 5.72. The van der Waals surface area contributed by atoms with Crippen molar-refractivity contribution in [2.45, 2.75) is 59.7 Å². The third-order valence-corrected chi connectivity index (χ3v) is 3.31. The molecule has 7 heteroatoms. The average molecular weight is 374 g/mol. The van der Waals surface area contributed by atoms with Gasteiger partial charge in [0.05, 0.1) is 13.1 Å². The van der Waals surface area contributed by atoms with Crippen LogP contribution in [-0.4, -0.2) is 85.8 Å². The van der Waals surface area contributed by atoms with E-state index >= 15 is 0 Å². The van der Waals surface area contributed by atoms with Crippen LogP contribution in [0, 0.1) is 0 Å². The molecule has 0 bridgehead atoms. The molecule has 0 aromatic heterocycles. The number of nitrogens with one attached hydrogen (secondary N) is 1. The monoisotopic (exact) mass is 373 g/mol. The molecule has 0 radical (unpaired) electrons. The fourth-order valence-corrected chi connectivity index (χ4v) is 2.21. The maximum atomic E-state index is 11.9. The van der Waals surface area contributed by atoms with Gasteiger partial charge in [-0.25, -0.2) is 0 Å². The molecule has 1 N–H and O–H groups in total. The predicted molar refractivity (Wildman–Crippen MR) is 104 cm³/mol. The molecule has 0 aromatic carbocycles. The molecule has 0 fully saturated rings. The van der Waals surface area contributed by atoms with Crippen LogP contribution in [0.3, 0.4) is 0 Å². The van der Waals surface area contributed by atoms with Crippen LogP contribution in [0.5, 0.6) is 0 Å². The van der Waals surface area contributed by atoms with Gasteiger partial charge in [-0.3, -0.25) is 19.4 Å². The molecule has 0 saturated carbocycles. The molecule has 154 valence electrons. The van der Waals surface area contributed by atoms with Crippen molar-refractivity contribution in [1.82, 2.24) is 15.1 Å². The number of esters is 2. The summed E-state index contributed by atoms with van der Waals surface area (Å²) in [6.45, 7) is 17.7. The van der Waals surface area contributed by atoms with Crippen LogP contribution in [0.25, 0.3) is 0 Å². The molecule has 7 nitrogen and oxygen atoms in total. The fourth-order valence-electron chi connectivity index (χ4n) is 2.21. The van der Waals surface area contributed by atoms with Gasteiger partial charge in [-0.15, -0.1) is 0 Å². The van der Waals surface area contributed by atoms with Crippen molar-refractivity contribution in [3.05, 3.63) is 0 Å². The Kier molecular flexibility index (Phi) is 11.0. The molecule has 26 heavy (non-hydrogen) atoms. The molecule has 0 spiro atoms. The minimum absolute atomic E-state index is 0.198. The van der Waals surface area contributed by atoms with Crippen LogP contribution >= 0.6 is 0 Å². The maximum absolute atomic E-state index is 11.9. The van der Waals surface area contributed by atoms with E-state index in [9.17, 15) is 9.59 Å². The number of hydrogen-bond donors (Lipinski definition) is 1. The highest BCUT2D eigenvalue weighted by atomic mass is 16.6. The number of rotatable bonds is 11. The molecule has 0 aliphatic heterocycles. The van der Waals surface area contributed by atoms with Gasteiger partial charge in [-0.2, -0.15) is 0 Å². The zero-order valence-electron chi connectivity index (χ0n) is 18.0. The number of nitrogens with zero attached hydrogens (tertiary/aromatic N) is 2. The van der Waals surface area contributed by atoms with Crippen molar-refractivity contribution in [2.75, 3.05) is 52.9 Å². The van der Waals surface area contributed by atoms with Crippen LogP contribution in [0.1, 0.15) is 48.5 Å². The first kappa shape index (κ1) is 24.8. The molecule has 0 aromatic rings. The molecule has 0 aliphatic rings. The quantitative estimate of drug-likeness (QED) is 0.435. The summed E-state index contributed by atoms with van der Waals surface area (Å²) in [7, 11) is 1.90. The van der Waals surface area contributed by atoms with E-state index < -0.39 is 11.2 Å². The average Bonchev–Trinajstić information content (AvgIpc) is 2.41. The maximum Gasteiger partial charge on any atom is 0.320 e. The second kappa shape index (κ2) is 11.5. The Bertz CT molecular complexity index is 427. The van der Waals surface area contributed by atoms with E-state index in [-0.39, 0.29) is 18.5 Å². The molecule has 0 heterocycles. The van der Waals surface area contributed by atoms with Crippen LogP contribution in [0.4, 0.5) is 0 Å². The third kappa shape index (κ3) is 15.1. The number of likely N-dealkylation sites (N-methyl/N-ethyl adjacent to an activating group) is 2. The van der Waals surface area contributed by atoms with Crippen molar-refractivity contribution >= 4 is 11.9 Å². The van der Waals surface area contributed by atoms with Crippen LogP contribution < -0.4 is 5.32 Å². The molecule has 0 rings (SSSR count). The Hall–Kier alpha value is -1.18. The number of carbonyl (C=O) groups excluding carboxylic acids is 2. The lowest BCUT2D eigenvalue weighted by Crippen LogP contribution is -2.40. The van der Waals surface area contributed by atoms with E-state index in [1.165, 1.54) is 0 Å². The Morgan fingerprint density at radius 2 is 1.31 bits per heavy atom. The number of carbonyl (C=O) groups is 2. The van der Waals surface area contributed by atoms with Crippen molar-refractivity contribution in [3.63, 3.8) is 0 Å². The van der Waals surface area contributed by atoms with Gasteiger partial charge >= 0.3 is 11.9 Å². The van der Waals surface area contributed by atoms with Crippen molar-refractivity contribution < 1.29 is 19.1 Å². The summed E-state index contributed by atoms with van der Waals surface area (Å²) in [6.07, 6.45) is 0. The van der Waals surface area contributed by atoms with Crippen molar-refractivity contribution in [1.29, 1.82) is 0 Å². The predicted octanol–water partition coefficient (Wildman–Crippen LogP) is 1.51. The zero-order valence-corrected chi connectivity index (χ0v) is 18.0. The van der Waals surface area contributed by atoms with Gasteiger partial charge in [0, 0.05) is 26.2 Å². The van der Waals surface area contributed by atoms with Crippen molar-refractivity contribution in [2.24, 2.45) is 0 Å². The molecular formula is C19H39N3O4. The van der Waals surface area contributed by atoms with Crippen LogP contribution in [-0.2, 0) is 19.1 Å². The number of ether oxygens (including phenoxy) is 2. The Balaban J connectivity index is 3.92. The summed E-state index contributed by atoms with van der Waals surface area (Å²) in [5.74, 6) is -0.411. The first-order valence-electron chi connectivity index (χ1n) is 9.37. The third-order valence-electron chi connectivity index (χ3n) is 3.31. The van der Waals surface area contributed by atoms with E-state index in [4.69, 9.17) is 9.47 Å². The van der Waals surface area contributed by atoms with E-state index in [1.54, 1.807) is 0 Å². The zero-order chi connectivity index (χ0) is 20.4. The Morgan fingerprint density at radius 1 is 0.846 bits per heavy atom. The first-order chi connectivity index (χ1) is 11.8. The van der Waals surface area contributed by atoms with E-state index in [0.717, 1.165) is 32.7 Å². The lowest BCUT2D eigenvalue weighted by molar-refractivity contribution is -0.157. The lowest BCUT2D eigenvalue weighted by atomic mass is 10.2. The normalized spacial score (nSPS) is 12.5. The summed E-state index contributed by atoms with van der Waals surface area (Å²) in [5, 5.41) is 3.34. The molecule has 0 atom stereocenters. The minimum atomic E-state index is -0.451. The number of hydrogen-bond acceptors (Lipinski definition) is 7. The minimum Gasteiger partial charge on any atom is -0.459 e. The van der Waals surface area contributed by atoms with Crippen LogP contribution in [0.15, 0.2) is 0 Å². The summed E-state index contributed by atoms with van der Waals surface area (Å²) >= 11 is 0. The van der Waals surface area contributed by atoms with Gasteiger partial charge in [0.15, 0.2) is 0 Å². The van der Waals surface area contributed by atoms with Gasteiger partial charge in [0.1, 0.15) is 11.2 Å². The fraction of sp³-hybridized carbons (Fsp3) is 0.895. The van der Waals surface area contributed by atoms with Gasteiger partial charge in [-0.05, 0) is 55.1 Å². The topological polar surface area (TPSA) is 71.1 Å². The second-order valence-electron chi connectivity index (χ2n) is 8.53. The van der Waals surface area contributed by atoms with Gasteiger partial charge in [0.2, 0.25) is 0 Å². The SMILES string of the molecule is CCN(CCNCCN(C)CC(=O)OC(C)(C)C)CC(=O)OC(C)(C)C. The largest absolute Gasteiger partial charge is 0.459 e. The summed E-state index contributed by atoms with van der Waals surface area (Å²) < 4.78 is 10.7. The first-order valence-corrected chi connectivity index (χ1v) is 9.37. The molecule has 0 unspecified atom stereocenters. The second-order valence-corrected chi connectivity index (χ2v) is 8.53. The molecule has 0 amide bonds. The Morgan fingerprint density at radius 3 is 1.77 bits per heavy atom. The highest BCUT2D eigenvalue weighted by Gasteiger charge is 2.19. The van der Waals surface area contributed by atoms with Crippen LogP contribution in [0.2, 0.25) is 0 Å². The Labute approximate surface area is 159 Å². The smallest absolute Gasteiger partial charge is 0.320 e. The highest BCUT2D eigenvalue weighted by Crippen LogP contribution is 2.08. The van der Waals surface area contributed by atoms with Gasteiger partial charge in [-0.1, -0.05) is 6.92 Å². The standard InChI is InChI=1S/C19H39N3O4/c1-9-22(15-17(24)26-19(5,6)7)13-11-20-10-12-21(8)14-16(23)25-18(2,3)4/h20H,9-15H2,1-8H3. The lowest BCUT2D eigenvalue weighted by Gasteiger charge is -2.24. The molecular weight excluding hydrogens is 334 g/mol. The van der Waals surface area contributed by atoms with Crippen molar-refractivity contribution in [3.8, 4) is 0 Å². The van der Waals surface area contributed by atoms with Gasteiger partial charge < -0.3 is 14.8 Å². The van der Waals surface area contributed by atoms with E-state index in [0.29, 0.717) is 6.54 Å². The van der Waals surface area contributed by atoms with E-state index in [1.807, 2.05) is 65.3 Å². The molecule has 0 saturated heterocycles. The summed E-state index contributed by atoms with van der Waals surface area (Å²) in [5.41, 5.74) is -0.901. The summed E-state index contributed by atoms with van der Waals surface area (Å²) in [6, 6.07) is 0.